The SMILES string of the molecule is C[C@@H]1[C@@H](NC(=O)CSc2nccc(=O)[nH]2)CCC[C@@H]1C. The summed E-state index contributed by atoms with van der Waals surface area (Å²) in [6, 6.07) is 1.63. The normalized spacial score (nSPS) is 26.2. The molecule has 0 radical (unpaired) electrons. The quantitative estimate of drug-likeness (QED) is 0.656. The zero-order valence-corrected chi connectivity index (χ0v) is 12.7. The zero-order valence-electron chi connectivity index (χ0n) is 11.9. The van der Waals surface area contributed by atoms with Crippen molar-refractivity contribution in [3.8, 4) is 0 Å². The van der Waals surface area contributed by atoms with Gasteiger partial charge in [-0.1, -0.05) is 38.5 Å². The maximum absolute atomic E-state index is 12.0. The van der Waals surface area contributed by atoms with Crippen molar-refractivity contribution in [2.45, 2.75) is 44.3 Å². The molecule has 20 heavy (non-hydrogen) atoms. The number of carbonyl (C=O) groups excluding carboxylic acids is 1. The Hall–Kier alpha value is -1.30. The Morgan fingerprint density at radius 2 is 2.30 bits per heavy atom. The van der Waals surface area contributed by atoms with Crippen LogP contribution in [0.5, 0.6) is 0 Å². The molecule has 0 bridgehead atoms. The molecule has 6 heteroatoms. The van der Waals surface area contributed by atoms with Crippen molar-refractivity contribution in [3.05, 3.63) is 22.6 Å². The predicted molar refractivity (Wildman–Crippen MR) is 79.7 cm³/mol. The van der Waals surface area contributed by atoms with Gasteiger partial charge >= 0.3 is 0 Å². The molecule has 0 aromatic carbocycles. The van der Waals surface area contributed by atoms with Gasteiger partial charge in [0.15, 0.2) is 5.16 Å². The number of H-pyrrole nitrogens is 1. The minimum atomic E-state index is -0.197. The van der Waals surface area contributed by atoms with Crippen molar-refractivity contribution in [3.63, 3.8) is 0 Å². The van der Waals surface area contributed by atoms with Gasteiger partial charge in [-0.2, -0.15) is 0 Å². The molecule has 3 atom stereocenters. The Kier molecular flexibility index (Phi) is 5.23. The second kappa shape index (κ2) is 6.92. The highest BCUT2D eigenvalue weighted by Gasteiger charge is 2.27. The first kappa shape index (κ1) is 15.1. The lowest BCUT2D eigenvalue weighted by Crippen LogP contribution is -2.44. The van der Waals surface area contributed by atoms with Crippen molar-refractivity contribution in [2.24, 2.45) is 11.8 Å². The molecule has 0 saturated heterocycles. The number of nitrogens with one attached hydrogen (secondary N) is 2. The van der Waals surface area contributed by atoms with Gasteiger partial charge in [0.05, 0.1) is 5.75 Å². The van der Waals surface area contributed by atoms with Crippen molar-refractivity contribution in [1.82, 2.24) is 15.3 Å². The molecule has 0 unspecified atom stereocenters. The number of thioether (sulfide) groups is 1. The molecule has 1 amide bonds. The van der Waals surface area contributed by atoms with E-state index in [1.165, 1.54) is 36.9 Å². The number of hydrogen-bond donors (Lipinski definition) is 2. The first-order valence-corrected chi connectivity index (χ1v) is 8.02. The van der Waals surface area contributed by atoms with Crippen LogP contribution >= 0.6 is 11.8 Å². The van der Waals surface area contributed by atoms with E-state index < -0.39 is 0 Å². The van der Waals surface area contributed by atoms with Gasteiger partial charge in [0, 0.05) is 18.3 Å². The van der Waals surface area contributed by atoms with Crippen LogP contribution in [0.2, 0.25) is 0 Å². The number of hydrogen-bond acceptors (Lipinski definition) is 4. The first-order valence-electron chi connectivity index (χ1n) is 7.03. The monoisotopic (exact) mass is 295 g/mol. The van der Waals surface area contributed by atoms with Crippen molar-refractivity contribution in [2.75, 3.05) is 5.75 Å². The summed E-state index contributed by atoms with van der Waals surface area (Å²) >= 11 is 1.25. The average molecular weight is 295 g/mol. The summed E-state index contributed by atoms with van der Waals surface area (Å²) < 4.78 is 0. The van der Waals surface area contributed by atoms with Crippen LogP contribution in [0.3, 0.4) is 0 Å². The van der Waals surface area contributed by atoms with E-state index in [1.54, 1.807) is 0 Å². The molecule has 0 spiro atoms. The zero-order chi connectivity index (χ0) is 14.5. The lowest BCUT2D eigenvalue weighted by atomic mass is 9.78. The third-order valence-electron chi connectivity index (χ3n) is 4.04. The van der Waals surface area contributed by atoms with E-state index in [2.05, 4.69) is 29.1 Å². The van der Waals surface area contributed by atoms with E-state index in [1.807, 2.05) is 0 Å². The van der Waals surface area contributed by atoms with Gasteiger partial charge in [0.2, 0.25) is 5.91 Å². The Morgan fingerprint density at radius 3 is 3.05 bits per heavy atom. The summed E-state index contributed by atoms with van der Waals surface area (Å²) in [4.78, 5) is 29.7. The number of aromatic amines is 1. The van der Waals surface area contributed by atoms with E-state index >= 15 is 0 Å². The number of aromatic nitrogens is 2. The van der Waals surface area contributed by atoms with Crippen molar-refractivity contribution >= 4 is 17.7 Å². The van der Waals surface area contributed by atoms with Gasteiger partial charge in [-0.15, -0.1) is 0 Å². The summed E-state index contributed by atoms with van der Waals surface area (Å²) in [7, 11) is 0. The smallest absolute Gasteiger partial charge is 0.251 e. The van der Waals surface area contributed by atoms with Crippen LogP contribution in [0, 0.1) is 11.8 Å². The van der Waals surface area contributed by atoms with E-state index in [-0.39, 0.29) is 23.3 Å². The lowest BCUT2D eigenvalue weighted by Gasteiger charge is -2.34. The molecule has 5 nitrogen and oxygen atoms in total. The molecular formula is C14H21N3O2S. The van der Waals surface area contributed by atoms with Crippen LogP contribution in [0.4, 0.5) is 0 Å². The molecule has 1 aromatic heterocycles. The third kappa shape index (κ3) is 4.10. The van der Waals surface area contributed by atoms with Crippen molar-refractivity contribution in [1.29, 1.82) is 0 Å². The molecule has 2 N–H and O–H groups in total. The minimum Gasteiger partial charge on any atom is -0.352 e. The highest BCUT2D eigenvalue weighted by atomic mass is 32.2. The summed E-state index contributed by atoms with van der Waals surface area (Å²) in [6.07, 6.45) is 4.93. The average Bonchev–Trinajstić information content (AvgIpc) is 2.42. The Balaban J connectivity index is 1.82. The molecule has 1 saturated carbocycles. The van der Waals surface area contributed by atoms with Gasteiger partial charge in [-0.3, -0.25) is 9.59 Å². The van der Waals surface area contributed by atoms with Crippen LogP contribution in [-0.4, -0.2) is 27.7 Å². The molecule has 1 aliphatic rings. The van der Waals surface area contributed by atoms with Gasteiger partial charge in [-0.05, 0) is 18.3 Å². The summed E-state index contributed by atoms with van der Waals surface area (Å²) in [5.41, 5.74) is -0.197. The Morgan fingerprint density at radius 1 is 1.50 bits per heavy atom. The van der Waals surface area contributed by atoms with E-state index in [4.69, 9.17) is 0 Å². The van der Waals surface area contributed by atoms with E-state index in [9.17, 15) is 9.59 Å². The number of rotatable bonds is 4. The molecule has 1 aliphatic carbocycles. The van der Waals surface area contributed by atoms with Gasteiger partial charge in [-0.25, -0.2) is 4.98 Å². The van der Waals surface area contributed by atoms with E-state index in [0.717, 1.165) is 6.42 Å². The molecule has 1 fully saturated rings. The molecule has 0 aliphatic heterocycles. The Bertz CT molecular complexity index is 517. The number of nitrogens with zero attached hydrogens (tertiary/aromatic N) is 1. The minimum absolute atomic E-state index is 0.00690. The fourth-order valence-corrected chi connectivity index (χ4v) is 3.25. The van der Waals surface area contributed by atoms with Crippen LogP contribution in [0.1, 0.15) is 33.1 Å². The van der Waals surface area contributed by atoms with Gasteiger partial charge in [0.25, 0.3) is 5.56 Å². The fraction of sp³-hybridized carbons (Fsp3) is 0.643. The highest BCUT2D eigenvalue weighted by molar-refractivity contribution is 7.99. The molecule has 1 aromatic rings. The van der Waals surface area contributed by atoms with Crippen molar-refractivity contribution < 1.29 is 4.79 Å². The topological polar surface area (TPSA) is 74.8 Å². The van der Waals surface area contributed by atoms with E-state index in [0.29, 0.717) is 17.0 Å². The highest BCUT2D eigenvalue weighted by Crippen LogP contribution is 2.29. The molecule has 2 rings (SSSR count). The standard InChI is InChI=1S/C14H21N3O2S/c1-9-4-3-5-11(10(9)2)16-13(19)8-20-14-15-7-6-12(18)17-14/h6-7,9-11H,3-5,8H2,1-2H3,(H,16,19)(H,15,17,18)/t9-,10-,11-/m0/s1. The van der Waals surface area contributed by atoms with Crippen LogP contribution in [0.25, 0.3) is 0 Å². The van der Waals surface area contributed by atoms with Gasteiger partial charge < -0.3 is 10.3 Å². The second-order valence-corrected chi connectivity index (χ2v) is 6.43. The van der Waals surface area contributed by atoms with Crippen LogP contribution in [-0.2, 0) is 4.79 Å². The summed E-state index contributed by atoms with van der Waals surface area (Å²) in [5, 5.41) is 3.59. The summed E-state index contributed by atoms with van der Waals surface area (Å²) in [5.74, 6) is 1.47. The lowest BCUT2D eigenvalue weighted by molar-refractivity contribution is -0.120. The Labute approximate surface area is 123 Å². The molecule has 1 heterocycles. The number of carbonyl (C=O) groups is 1. The third-order valence-corrected chi connectivity index (χ3v) is 4.93. The van der Waals surface area contributed by atoms with Gasteiger partial charge in [0.1, 0.15) is 0 Å². The second-order valence-electron chi connectivity index (χ2n) is 5.47. The molecule has 110 valence electrons. The fourth-order valence-electron chi connectivity index (χ4n) is 2.59. The predicted octanol–water partition coefficient (Wildman–Crippen LogP) is 1.80. The van der Waals surface area contributed by atoms with Crippen LogP contribution in [0.15, 0.2) is 22.2 Å². The summed E-state index contributed by atoms with van der Waals surface area (Å²) in [6.45, 7) is 4.45. The number of amides is 1. The largest absolute Gasteiger partial charge is 0.352 e. The maximum Gasteiger partial charge on any atom is 0.251 e. The van der Waals surface area contributed by atoms with Crippen LogP contribution < -0.4 is 10.9 Å². The molecular weight excluding hydrogens is 274 g/mol. The first-order chi connectivity index (χ1) is 9.56. The maximum atomic E-state index is 12.0.